The number of amides is 2. The highest BCUT2D eigenvalue weighted by molar-refractivity contribution is 5.82. The first-order chi connectivity index (χ1) is 28.3. The number of ether oxygens (including phenoxy) is 3. The molecule has 0 saturated heterocycles. The van der Waals surface area contributed by atoms with E-state index < -0.39 is 59.7 Å². The van der Waals surface area contributed by atoms with Gasteiger partial charge >= 0.3 is 18.0 Å². The van der Waals surface area contributed by atoms with Crippen molar-refractivity contribution >= 4 is 23.9 Å². The van der Waals surface area contributed by atoms with E-state index in [1.165, 1.54) is 11.8 Å². The fraction of sp³-hybridized carbons (Fsp3) is 0.333. The Morgan fingerprint density at radius 2 is 1.30 bits per heavy atom. The van der Waals surface area contributed by atoms with Gasteiger partial charge in [0.05, 0.1) is 6.04 Å². The summed E-state index contributed by atoms with van der Waals surface area (Å²) < 4.78 is 47.9. The van der Waals surface area contributed by atoms with Gasteiger partial charge in [0.25, 0.3) is 5.91 Å². The zero-order valence-corrected chi connectivity index (χ0v) is 34.5. The van der Waals surface area contributed by atoms with Crippen LogP contribution in [-0.2, 0) is 48.4 Å². The summed E-state index contributed by atoms with van der Waals surface area (Å²) in [4.78, 5) is 54.5. The Morgan fingerprint density at radius 1 is 0.750 bits per heavy atom. The van der Waals surface area contributed by atoms with Crippen LogP contribution in [0.3, 0.4) is 0 Å². The Labute approximate surface area is 352 Å². The van der Waals surface area contributed by atoms with Gasteiger partial charge in [-0.15, -0.1) is 0 Å². The minimum absolute atomic E-state index is 0. The van der Waals surface area contributed by atoms with Crippen LogP contribution in [0.2, 0.25) is 0 Å². The third-order valence-electron chi connectivity index (χ3n) is 9.17. The molecular weight excluding hydrogens is 769 g/mol. The van der Waals surface area contributed by atoms with Gasteiger partial charge in [-0.05, 0) is 52.8 Å². The molecule has 0 aliphatic carbocycles. The lowest BCUT2D eigenvalue weighted by atomic mass is 9.82. The first kappa shape index (κ1) is 48.1. The summed E-state index contributed by atoms with van der Waals surface area (Å²) in [6.07, 6.45) is 0.711. The number of alkyl carbamates (subject to hydrolysis) is 1. The van der Waals surface area contributed by atoms with Gasteiger partial charge in [-0.3, -0.25) is 9.59 Å². The van der Waals surface area contributed by atoms with E-state index in [4.69, 9.17) is 14.2 Å². The number of nitrogens with one attached hydrogen (secondary N) is 1. The molecule has 0 fully saturated rings. The molecule has 2 atom stereocenters. The lowest BCUT2D eigenvalue weighted by Crippen LogP contribution is -2.48. The average molecular weight is 826 g/mol. The molecule has 0 aliphatic rings. The van der Waals surface area contributed by atoms with Crippen molar-refractivity contribution in [3.8, 4) is 11.1 Å². The molecule has 0 bridgehead atoms. The van der Waals surface area contributed by atoms with Crippen LogP contribution in [-0.4, -0.2) is 52.6 Å². The summed E-state index contributed by atoms with van der Waals surface area (Å²) in [5.74, 6) is -3.26. The van der Waals surface area contributed by atoms with Gasteiger partial charge in [0, 0.05) is 43.0 Å². The van der Waals surface area contributed by atoms with Crippen molar-refractivity contribution in [2.75, 3.05) is 13.2 Å². The van der Waals surface area contributed by atoms with Crippen LogP contribution in [0.15, 0.2) is 121 Å². The molecule has 2 unspecified atom stereocenters. The number of nitrogens with zero attached hydrogens (tertiary/aromatic N) is 2. The number of carbonyl (C=O) groups is 4. The van der Waals surface area contributed by atoms with Crippen LogP contribution in [0, 0.1) is 17.0 Å². The van der Waals surface area contributed by atoms with Gasteiger partial charge in [0.2, 0.25) is 0 Å². The van der Waals surface area contributed by atoms with Crippen molar-refractivity contribution in [2.45, 2.75) is 87.2 Å². The van der Waals surface area contributed by atoms with E-state index in [1.807, 2.05) is 81.7 Å². The van der Waals surface area contributed by atoms with Crippen LogP contribution in [0.4, 0.5) is 13.6 Å². The second-order valence-corrected chi connectivity index (χ2v) is 14.7. The summed E-state index contributed by atoms with van der Waals surface area (Å²) in [6.45, 7) is 10.4. The average Bonchev–Trinajstić information content (AvgIpc) is 3.63. The summed E-state index contributed by atoms with van der Waals surface area (Å²) in [7, 11) is 0. The molecule has 0 spiro atoms. The molecule has 4 aromatic carbocycles. The Balaban J connectivity index is 0.00000315. The number of carbonyl (C=O) groups excluding carboxylic acids is 4. The van der Waals surface area contributed by atoms with Gasteiger partial charge in [0.1, 0.15) is 30.9 Å². The van der Waals surface area contributed by atoms with Gasteiger partial charge < -0.3 is 29.0 Å². The van der Waals surface area contributed by atoms with E-state index in [0.29, 0.717) is 17.8 Å². The van der Waals surface area contributed by atoms with Crippen molar-refractivity contribution in [1.82, 2.24) is 14.8 Å². The van der Waals surface area contributed by atoms with E-state index in [9.17, 15) is 23.6 Å². The number of rotatable bonds is 16. The van der Waals surface area contributed by atoms with Crippen molar-refractivity contribution in [1.29, 1.82) is 0 Å². The third kappa shape index (κ3) is 14.2. The lowest BCUT2D eigenvalue weighted by Gasteiger charge is -2.41. The number of hydrogen-bond donors (Lipinski definition) is 1. The largest absolute Gasteiger partial charge is 0.459 e. The molecule has 2 amide bonds. The second kappa shape index (κ2) is 23.3. The van der Waals surface area contributed by atoms with Crippen molar-refractivity contribution in [3.63, 3.8) is 0 Å². The van der Waals surface area contributed by atoms with Gasteiger partial charge in [0.15, 0.2) is 6.61 Å². The first-order valence-corrected chi connectivity index (χ1v) is 19.6. The number of aromatic nitrogens is 1. The molecule has 320 valence electrons. The Morgan fingerprint density at radius 3 is 1.85 bits per heavy atom. The van der Waals surface area contributed by atoms with Gasteiger partial charge in [-0.1, -0.05) is 133 Å². The minimum atomic E-state index is -1.27. The molecule has 5 rings (SSSR count). The Hall–Kier alpha value is -6.30. The van der Waals surface area contributed by atoms with Crippen LogP contribution < -0.4 is 5.32 Å². The zero-order valence-electron chi connectivity index (χ0n) is 34.5. The molecule has 10 nitrogen and oxygen atoms in total. The molecule has 12 heteroatoms. The molecule has 0 saturated carbocycles. The quantitative estimate of drug-likeness (QED) is 0.0778. The van der Waals surface area contributed by atoms with Crippen LogP contribution in [0.25, 0.3) is 11.1 Å². The van der Waals surface area contributed by atoms with E-state index in [2.05, 4.69) is 5.32 Å². The lowest BCUT2D eigenvalue weighted by molar-refractivity contribution is -0.153. The Bertz CT molecular complexity index is 2120. The summed E-state index contributed by atoms with van der Waals surface area (Å²) in [6, 6.07) is 30.4. The predicted octanol–water partition coefficient (Wildman–Crippen LogP) is 10.1. The van der Waals surface area contributed by atoms with Crippen LogP contribution >= 0.6 is 0 Å². The molecule has 0 radical (unpaired) electrons. The smallest absolute Gasteiger partial charge is 0.408 e. The minimum Gasteiger partial charge on any atom is -0.459 e. The monoisotopic (exact) mass is 825 g/mol. The Kier molecular flexibility index (Phi) is 18.7. The van der Waals surface area contributed by atoms with Crippen molar-refractivity contribution in [3.05, 3.63) is 155 Å². The predicted molar refractivity (Wildman–Crippen MR) is 228 cm³/mol. The highest BCUT2D eigenvalue weighted by Crippen LogP contribution is 2.41. The topological polar surface area (TPSA) is 116 Å². The van der Waals surface area contributed by atoms with Crippen molar-refractivity contribution < 1.29 is 42.2 Å². The fourth-order valence-corrected chi connectivity index (χ4v) is 6.51. The third-order valence-corrected chi connectivity index (χ3v) is 9.17. The molecule has 1 aromatic heterocycles. The summed E-state index contributed by atoms with van der Waals surface area (Å²) in [5, 5.41) is 2.63. The van der Waals surface area contributed by atoms with Crippen LogP contribution in [0.1, 0.15) is 83.8 Å². The van der Waals surface area contributed by atoms with Gasteiger partial charge in [-0.25, -0.2) is 18.4 Å². The molecular formula is C48H57F2N3O7. The number of hydrogen-bond acceptors (Lipinski definition) is 7. The fourth-order valence-electron chi connectivity index (χ4n) is 6.51. The van der Waals surface area contributed by atoms with E-state index in [-0.39, 0.29) is 39.2 Å². The normalized spacial score (nSPS) is 11.7. The maximum atomic E-state index is 15.3. The van der Waals surface area contributed by atoms with Crippen LogP contribution in [0.5, 0.6) is 0 Å². The maximum Gasteiger partial charge on any atom is 0.408 e. The summed E-state index contributed by atoms with van der Waals surface area (Å²) >= 11 is 0. The highest BCUT2D eigenvalue weighted by Gasteiger charge is 2.38. The maximum absolute atomic E-state index is 15.3. The zero-order chi connectivity index (χ0) is 43.0. The van der Waals surface area contributed by atoms with E-state index >= 15 is 4.39 Å². The second-order valence-electron chi connectivity index (χ2n) is 14.7. The molecule has 1 heterocycles. The van der Waals surface area contributed by atoms with E-state index in [1.54, 1.807) is 60.8 Å². The number of esters is 2. The SMILES string of the molecule is C.CC.CC(=O)OCC(=O)N(CCC(NC(=O)OCc1ccccc1)C(=O)OCc1ccccc1)C(c1cc(-c2cc(F)ccc2F)cn1Cc1ccccc1)C(C)(C)C. The van der Waals surface area contributed by atoms with Crippen molar-refractivity contribution in [2.24, 2.45) is 5.41 Å². The first-order valence-electron chi connectivity index (χ1n) is 19.6. The summed E-state index contributed by atoms with van der Waals surface area (Å²) in [5.41, 5.74) is 2.62. The number of halogens is 2. The van der Waals surface area contributed by atoms with Gasteiger partial charge in [-0.2, -0.15) is 0 Å². The molecule has 0 aliphatic heterocycles. The standard InChI is InChI=1S/C45H47F2N3O7.C2H6.CH4/c1-31(51)55-30-41(52)50(23-22-39(43(53)56-28-33-16-10-6-11-17-33)48-44(54)57-29-34-18-12-7-13-19-34)42(45(2,3)4)40-24-35(37-25-36(46)20-21-38(37)47)27-49(40)26-32-14-8-5-9-15-32;1-2;/h5-21,24-25,27,39,42H,22-23,26,28-30H2,1-4H3,(H,48,54);1-2H3;1H4. The highest BCUT2D eigenvalue weighted by atomic mass is 19.1. The molecule has 1 N–H and O–H groups in total. The number of benzene rings is 4. The molecule has 5 aromatic rings. The van der Waals surface area contributed by atoms with E-state index in [0.717, 1.165) is 34.9 Å². The molecule has 60 heavy (non-hydrogen) atoms.